The highest BCUT2D eigenvalue weighted by Gasteiger charge is 2.11. The van der Waals surface area contributed by atoms with Crippen molar-refractivity contribution in [1.29, 1.82) is 0 Å². The van der Waals surface area contributed by atoms with Gasteiger partial charge in [-0.3, -0.25) is 19.0 Å². The molecule has 162 valence electrons. The maximum Gasteiger partial charge on any atom is 0.439 e. The summed E-state index contributed by atoms with van der Waals surface area (Å²) in [5.41, 5.74) is 6.35. The summed E-state index contributed by atoms with van der Waals surface area (Å²) < 4.78 is 6.47. The van der Waals surface area contributed by atoms with Crippen LogP contribution in [0.25, 0.3) is 17.5 Å². The van der Waals surface area contributed by atoms with Crippen molar-refractivity contribution in [2.45, 2.75) is 27.3 Å². The fourth-order valence-electron chi connectivity index (χ4n) is 3.41. The van der Waals surface area contributed by atoms with E-state index in [-0.39, 0.29) is 5.91 Å². The normalized spacial score (nSPS) is 11.2. The maximum absolute atomic E-state index is 12.5. The minimum Gasteiger partial charge on any atom is -0.322 e. The van der Waals surface area contributed by atoms with Crippen molar-refractivity contribution < 1.29 is 9.32 Å². The van der Waals surface area contributed by atoms with Crippen LogP contribution in [0.2, 0.25) is 0 Å². The van der Waals surface area contributed by atoms with E-state index in [4.69, 9.17) is 0 Å². The van der Waals surface area contributed by atoms with Crippen molar-refractivity contribution in [3.63, 3.8) is 0 Å². The first-order chi connectivity index (χ1) is 15.4. The molecule has 0 radical (unpaired) electrons. The second-order valence-electron chi connectivity index (χ2n) is 7.57. The van der Waals surface area contributed by atoms with Gasteiger partial charge in [0.1, 0.15) is 0 Å². The molecule has 2 aromatic carbocycles. The number of anilines is 1. The van der Waals surface area contributed by atoms with Gasteiger partial charge in [-0.25, -0.2) is 4.79 Å². The molecule has 0 atom stereocenters. The Morgan fingerprint density at radius 1 is 1.16 bits per heavy atom. The minimum atomic E-state index is -0.633. The molecule has 2 aromatic heterocycles. The Hall–Kier alpha value is -4.20. The van der Waals surface area contributed by atoms with E-state index in [1.165, 1.54) is 17.2 Å². The van der Waals surface area contributed by atoms with Crippen LogP contribution in [0.15, 0.2) is 63.9 Å². The largest absolute Gasteiger partial charge is 0.439 e. The Labute approximate surface area is 184 Å². The van der Waals surface area contributed by atoms with Crippen molar-refractivity contribution in [2.24, 2.45) is 0 Å². The number of hydrogen-bond acceptors (Lipinski definition) is 5. The van der Waals surface area contributed by atoms with E-state index >= 15 is 0 Å². The molecule has 8 heteroatoms. The van der Waals surface area contributed by atoms with E-state index in [0.29, 0.717) is 23.6 Å². The summed E-state index contributed by atoms with van der Waals surface area (Å²) in [6.07, 6.45) is 3.26. The summed E-state index contributed by atoms with van der Waals surface area (Å²) in [4.78, 5) is 26.1. The van der Waals surface area contributed by atoms with Crippen LogP contribution in [0, 0.1) is 20.8 Å². The second kappa shape index (κ2) is 8.89. The number of nitrogens with zero attached hydrogens (tertiary/aromatic N) is 3. The molecule has 0 saturated carbocycles. The van der Waals surface area contributed by atoms with Crippen LogP contribution in [0.5, 0.6) is 0 Å². The lowest BCUT2D eigenvalue weighted by atomic mass is 10.1. The molecule has 0 spiro atoms. The lowest BCUT2D eigenvalue weighted by Crippen LogP contribution is -2.08. The SMILES string of the molecule is Cc1ccc(Cn2nc(C)c(/C=C/C(=O)Nc3cccc(-c4noc(=O)[nH]4)c3)c2C)cc1. The predicted molar refractivity (Wildman–Crippen MR) is 122 cm³/mol. The van der Waals surface area contributed by atoms with Gasteiger partial charge >= 0.3 is 5.76 Å². The van der Waals surface area contributed by atoms with E-state index in [0.717, 1.165) is 17.0 Å². The number of rotatable bonds is 6. The van der Waals surface area contributed by atoms with Crippen LogP contribution < -0.4 is 11.1 Å². The molecule has 0 aliphatic carbocycles. The third-order valence-corrected chi connectivity index (χ3v) is 5.14. The monoisotopic (exact) mass is 429 g/mol. The molecular weight excluding hydrogens is 406 g/mol. The Bertz CT molecular complexity index is 1340. The average molecular weight is 429 g/mol. The van der Waals surface area contributed by atoms with Gasteiger partial charge in [-0.05, 0) is 44.5 Å². The number of carbonyl (C=O) groups excluding carboxylic acids is 1. The van der Waals surface area contributed by atoms with Crippen LogP contribution in [-0.4, -0.2) is 25.8 Å². The number of aromatic amines is 1. The zero-order valence-corrected chi connectivity index (χ0v) is 18.0. The number of H-pyrrole nitrogens is 1. The highest BCUT2D eigenvalue weighted by Crippen LogP contribution is 2.19. The van der Waals surface area contributed by atoms with Gasteiger partial charge in [0.2, 0.25) is 5.91 Å². The van der Waals surface area contributed by atoms with E-state index in [9.17, 15) is 9.59 Å². The lowest BCUT2D eigenvalue weighted by molar-refractivity contribution is -0.111. The molecule has 0 fully saturated rings. The van der Waals surface area contributed by atoms with Gasteiger partial charge in [-0.15, -0.1) is 0 Å². The van der Waals surface area contributed by atoms with E-state index in [1.54, 1.807) is 30.3 Å². The zero-order valence-electron chi connectivity index (χ0n) is 18.0. The molecule has 4 rings (SSSR count). The fourth-order valence-corrected chi connectivity index (χ4v) is 3.41. The highest BCUT2D eigenvalue weighted by atomic mass is 16.5. The van der Waals surface area contributed by atoms with Crippen molar-refractivity contribution >= 4 is 17.7 Å². The molecule has 2 N–H and O–H groups in total. The number of aryl methyl sites for hydroxylation is 2. The summed E-state index contributed by atoms with van der Waals surface area (Å²) in [6.45, 7) is 6.66. The highest BCUT2D eigenvalue weighted by molar-refractivity contribution is 6.02. The van der Waals surface area contributed by atoms with Crippen molar-refractivity contribution in [3.05, 3.63) is 93.2 Å². The maximum atomic E-state index is 12.5. The van der Waals surface area contributed by atoms with Crippen LogP contribution in [0.3, 0.4) is 0 Å². The number of amides is 1. The third kappa shape index (κ3) is 4.75. The first-order valence-electron chi connectivity index (χ1n) is 10.1. The number of benzene rings is 2. The molecule has 0 saturated heterocycles. The first kappa shape index (κ1) is 21.0. The summed E-state index contributed by atoms with van der Waals surface area (Å²) in [6, 6.07) is 15.3. The molecule has 0 aliphatic heterocycles. The zero-order chi connectivity index (χ0) is 22.7. The molecule has 0 aliphatic rings. The predicted octanol–water partition coefficient (Wildman–Crippen LogP) is 3.85. The van der Waals surface area contributed by atoms with Crippen molar-refractivity contribution in [3.8, 4) is 11.4 Å². The summed E-state index contributed by atoms with van der Waals surface area (Å²) >= 11 is 0. The standard InChI is InChI=1S/C24H23N5O3/c1-15-7-9-18(10-8-15)14-29-17(3)21(16(2)27-29)11-12-22(30)25-20-6-4-5-19(13-20)23-26-24(31)32-28-23/h4-13H,14H2,1-3H3,(H,25,30)(H,26,28,31)/b12-11+. The fraction of sp³-hybridized carbons (Fsp3) is 0.167. The van der Waals surface area contributed by atoms with Gasteiger partial charge in [0.25, 0.3) is 0 Å². The number of nitrogens with one attached hydrogen (secondary N) is 2. The Morgan fingerprint density at radius 2 is 1.94 bits per heavy atom. The minimum absolute atomic E-state index is 0.277. The van der Waals surface area contributed by atoms with Gasteiger partial charge < -0.3 is 5.32 Å². The average Bonchev–Trinajstić information content (AvgIpc) is 3.31. The van der Waals surface area contributed by atoms with Gasteiger partial charge in [-0.2, -0.15) is 5.10 Å². The Morgan fingerprint density at radius 3 is 2.66 bits per heavy atom. The van der Waals surface area contributed by atoms with Gasteiger partial charge in [-0.1, -0.05) is 47.1 Å². The smallest absolute Gasteiger partial charge is 0.322 e. The summed E-state index contributed by atoms with van der Waals surface area (Å²) in [5.74, 6) is -0.610. The molecule has 0 bridgehead atoms. The molecule has 32 heavy (non-hydrogen) atoms. The van der Waals surface area contributed by atoms with Crippen LogP contribution >= 0.6 is 0 Å². The molecule has 1 amide bonds. The van der Waals surface area contributed by atoms with Crippen LogP contribution in [0.1, 0.15) is 28.1 Å². The van der Waals surface area contributed by atoms with Gasteiger partial charge in [0, 0.05) is 28.6 Å². The van der Waals surface area contributed by atoms with Crippen LogP contribution in [-0.2, 0) is 11.3 Å². The molecule has 0 unspecified atom stereocenters. The van der Waals surface area contributed by atoms with E-state index in [2.05, 4.69) is 56.3 Å². The van der Waals surface area contributed by atoms with E-state index in [1.807, 2.05) is 18.5 Å². The Kier molecular flexibility index (Phi) is 5.85. The topological polar surface area (TPSA) is 106 Å². The summed E-state index contributed by atoms with van der Waals surface area (Å²) in [5, 5.41) is 11.1. The first-order valence-corrected chi connectivity index (χ1v) is 10.1. The number of aromatic nitrogens is 4. The Balaban J connectivity index is 1.46. The van der Waals surface area contributed by atoms with E-state index < -0.39 is 5.76 Å². The molecule has 8 nitrogen and oxygen atoms in total. The molecular formula is C24H23N5O3. The third-order valence-electron chi connectivity index (χ3n) is 5.14. The van der Waals surface area contributed by atoms with Crippen LogP contribution in [0.4, 0.5) is 5.69 Å². The van der Waals surface area contributed by atoms with Crippen molar-refractivity contribution in [1.82, 2.24) is 19.9 Å². The number of carbonyl (C=O) groups is 1. The second-order valence-corrected chi connectivity index (χ2v) is 7.57. The van der Waals surface area contributed by atoms with Crippen molar-refractivity contribution in [2.75, 3.05) is 5.32 Å². The number of hydrogen-bond donors (Lipinski definition) is 2. The van der Waals surface area contributed by atoms with Gasteiger partial charge in [0.15, 0.2) is 5.82 Å². The quantitative estimate of drug-likeness (QED) is 0.453. The molecule has 2 heterocycles. The lowest BCUT2D eigenvalue weighted by Gasteiger charge is -2.05. The molecule has 4 aromatic rings. The summed E-state index contributed by atoms with van der Waals surface area (Å²) in [7, 11) is 0. The van der Waals surface area contributed by atoms with Gasteiger partial charge in [0.05, 0.1) is 12.2 Å².